The predicted molar refractivity (Wildman–Crippen MR) is 241 cm³/mol. The largest absolute Gasteiger partial charge is 0.466 e. The smallest absolute Gasteiger partial charge is 0.306 e. The van der Waals surface area contributed by atoms with Gasteiger partial charge in [0, 0.05) is 26.5 Å². The molecule has 0 aromatic heterocycles. The fourth-order valence-corrected chi connectivity index (χ4v) is 7.50. The third-order valence-corrected chi connectivity index (χ3v) is 11.5. The van der Waals surface area contributed by atoms with Crippen molar-refractivity contribution in [1.82, 2.24) is 10.2 Å². The van der Waals surface area contributed by atoms with Crippen molar-refractivity contribution in [3.05, 3.63) is 0 Å². The minimum Gasteiger partial charge on any atom is -0.466 e. The van der Waals surface area contributed by atoms with E-state index in [9.17, 15) is 14.4 Å². The summed E-state index contributed by atoms with van der Waals surface area (Å²) >= 11 is 0. The fraction of sp³-hybridized carbons (Fsp3) is 0.939. The van der Waals surface area contributed by atoms with Crippen LogP contribution in [-0.2, 0) is 28.6 Å². The van der Waals surface area contributed by atoms with Crippen LogP contribution in [0.2, 0.25) is 0 Å². The molecule has 0 fully saturated rings. The highest BCUT2D eigenvalue weighted by molar-refractivity contribution is 5.80. The molecule has 8 nitrogen and oxygen atoms in total. The Morgan fingerprint density at radius 1 is 0.491 bits per heavy atom. The van der Waals surface area contributed by atoms with Crippen LogP contribution in [0, 0.1) is 0 Å². The van der Waals surface area contributed by atoms with Crippen molar-refractivity contribution in [3.8, 4) is 0 Å². The number of nitrogens with zero attached hydrogens (tertiary/aromatic N) is 1. The molecule has 0 aliphatic carbocycles. The van der Waals surface area contributed by atoms with Gasteiger partial charge in [-0.25, -0.2) is 0 Å². The maximum absolute atomic E-state index is 12.8. The molecule has 0 aliphatic rings. The van der Waals surface area contributed by atoms with Crippen molar-refractivity contribution in [2.75, 3.05) is 39.9 Å². The molecule has 0 heterocycles. The molecule has 8 heteroatoms. The SMILES string of the molecule is CCCCCCCCCOC(=O)CCCCCCCN(CCCCCCCC(=O)OC(CCCCCCCC)CCCCCCCC)CCCNC(=O)C(C)OC. The van der Waals surface area contributed by atoms with Crippen molar-refractivity contribution in [1.29, 1.82) is 0 Å². The van der Waals surface area contributed by atoms with E-state index in [1.54, 1.807) is 14.0 Å². The molecule has 1 unspecified atom stereocenters. The Kier molecular flexibility index (Phi) is 42.6. The molecule has 57 heavy (non-hydrogen) atoms. The summed E-state index contributed by atoms with van der Waals surface area (Å²) in [4.78, 5) is 39.6. The van der Waals surface area contributed by atoms with Crippen LogP contribution in [0.15, 0.2) is 0 Å². The van der Waals surface area contributed by atoms with Crippen LogP contribution in [0.5, 0.6) is 0 Å². The van der Waals surface area contributed by atoms with Crippen LogP contribution in [0.4, 0.5) is 0 Å². The second-order valence-electron chi connectivity index (χ2n) is 17.0. The minimum absolute atomic E-state index is 0.00820. The lowest BCUT2D eigenvalue weighted by Crippen LogP contribution is -2.36. The number of carbonyl (C=O) groups excluding carboxylic acids is 3. The molecule has 0 rings (SSSR count). The molecule has 338 valence electrons. The zero-order chi connectivity index (χ0) is 41.9. The van der Waals surface area contributed by atoms with E-state index in [4.69, 9.17) is 14.2 Å². The minimum atomic E-state index is -0.424. The number of ether oxygens (including phenoxy) is 3. The second-order valence-corrected chi connectivity index (χ2v) is 17.0. The lowest BCUT2D eigenvalue weighted by Gasteiger charge is -2.22. The van der Waals surface area contributed by atoms with Gasteiger partial charge in [-0.05, 0) is 90.8 Å². The molecule has 0 radical (unpaired) electrons. The van der Waals surface area contributed by atoms with E-state index in [0.29, 0.717) is 26.0 Å². The fourth-order valence-electron chi connectivity index (χ4n) is 7.50. The zero-order valence-electron chi connectivity index (χ0n) is 38.6. The van der Waals surface area contributed by atoms with Gasteiger partial charge in [0.15, 0.2) is 0 Å². The third kappa shape index (κ3) is 39.6. The highest BCUT2D eigenvalue weighted by atomic mass is 16.5. The number of amides is 1. The van der Waals surface area contributed by atoms with Crippen LogP contribution in [0.25, 0.3) is 0 Å². The van der Waals surface area contributed by atoms with Gasteiger partial charge in [0.05, 0.1) is 6.61 Å². The number of esters is 2. The van der Waals surface area contributed by atoms with Crippen LogP contribution in [0.1, 0.15) is 246 Å². The first-order valence-corrected chi connectivity index (χ1v) is 24.8. The molecule has 0 saturated carbocycles. The van der Waals surface area contributed by atoms with Crippen molar-refractivity contribution < 1.29 is 28.6 Å². The first-order valence-electron chi connectivity index (χ1n) is 24.8. The molecule has 0 bridgehead atoms. The van der Waals surface area contributed by atoms with Gasteiger partial charge in [0.2, 0.25) is 5.91 Å². The summed E-state index contributed by atoms with van der Waals surface area (Å²) in [5, 5.41) is 3.00. The Labute approximate surface area is 353 Å². The lowest BCUT2D eigenvalue weighted by atomic mass is 10.0. The number of nitrogens with one attached hydrogen (secondary N) is 1. The average Bonchev–Trinajstić information content (AvgIpc) is 3.21. The Morgan fingerprint density at radius 3 is 1.39 bits per heavy atom. The molecule has 1 amide bonds. The zero-order valence-corrected chi connectivity index (χ0v) is 38.6. The van der Waals surface area contributed by atoms with Crippen molar-refractivity contribution in [3.63, 3.8) is 0 Å². The van der Waals surface area contributed by atoms with E-state index in [2.05, 4.69) is 31.0 Å². The van der Waals surface area contributed by atoms with Gasteiger partial charge in [0.1, 0.15) is 12.2 Å². The van der Waals surface area contributed by atoms with Crippen LogP contribution < -0.4 is 5.32 Å². The topological polar surface area (TPSA) is 94.2 Å². The highest BCUT2D eigenvalue weighted by Gasteiger charge is 2.15. The van der Waals surface area contributed by atoms with Crippen molar-refractivity contribution in [2.45, 2.75) is 258 Å². The van der Waals surface area contributed by atoms with Crippen LogP contribution in [-0.4, -0.2) is 74.8 Å². The maximum atomic E-state index is 12.8. The van der Waals surface area contributed by atoms with Gasteiger partial charge >= 0.3 is 11.9 Å². The van der Waals surface area contributed by atoms with E-state index in [1.807, 2.05) is 0 Å². The summed E-state index contributed by atoms with van der Waals surface area (Å²) in [7, 11) is 1.56. The van der Waals surface area contributed by atoms with Gasteiger partial charge in [-0.1, -0.05) is 162 Å². The molecular formula is C49H96N2O6. The maximum Gasteiger partial charge on any atom is 0.306 e. The van der Waals surface area contributed by atoms with Crippen LogP contribution in [0.3, 0.4) is 0 Å². The molecule has 0 aromatic carbocycles. The summed E-state index contributed by atoms with van der Waals surface area (Å²) in [6, 6.07) is 0. The molecule has 0 spiro atoms. The normalized spacial score (nSPS) is 12.1. The van der Waals surface area contributed by atoms with Gasteiger partial charge in [-0.3, -0.25) is 14.4 Å². The second kappa shape index (κ2) is 43.9. The lowest BCUT2D eigenvalue weighted by molar-refractivity contribution is -0.150. The number of hydrogen-bond donors (Lipinski definition) is 1. The summed E-state index contributed by atoms with van der Waals surface area (Å²) < 4.78 is 16.6. The van der Waals surface area contributed by atoms with E-state index in [-0.39, 0.29) is 23.9 Å². The number of carbonyl (C=O) groups is 3. The standard InChI is InChI=1S/C49H96N2O6/c1-6-9-12-15-18-27-34-44-56-47(52)38-30-23-19-25-32-41-51(43-35-40-50-49(54)45(4)55-5)42-33-26-20-24-31-39-48(53)57-46(36-28-21-16-13-10-7-2)37-29-22-17-14-11-8-3/h45-46H,6-44H2,1-5H3,(H,50,54). The molecule has 0 saturated heterocycles. The average molecular weight is 809 g/mol. The molecule has 1 atom stereocenters. The van der Waals surface area contributed by atoms with Gasteiger partial charge in [-0.2, -0.15) is 0 Å². The summed E-state index contributed by atoms with van der Waals surface area (Å²) in [6.45, 7) is 12.9. The van der Waals surface area contributed by atoms with Crippen molar-refractivity contribution >= 4 is 17.8 Å². The highest BCUT2D eigenvalue weighted by Crippen LogP contribution is 2.19. The number of rotatable bonds is 45. The van der Waals surface area contributed by atoms with Crippen molar-refractivity contribution in [2.24, 2.45) is 0 Å². The Hall–Kier alpha value is -1.67. The first kappa shape index (κ1) is 55.3. The molecule has 1 N–H and O–H groups in total. The van der Waals surface area contributed by atoms with Gasteiger partial charge < -0.3 is 24.4 Å². The third-order valence-electron chi connectivity index (χ3n) is 11.5. The van der Waals surface area contributed by atoms with E-state index in [1.165, 1.54) is 122 Å². The first-order chi connectivity index (χ1) is 27.9. The summed E-state index contributed by atoms with van der Waals surface area (Å²) in [5.74, 6) is -0.0834. The quantitative estimate of drug-likeness (QED) is 0.0483. The number of methoxy groups -OCH3 is 1. The van der Waals surface area contributed by atoms with E-state index in [0.717, 1.165) is 103 Å². The Morgan fingerprint density at radius 2 is 0.895 bits per heavy atom. The molecule has 0 aliphatic heterocycles. The number of unbranched alkanes of at least 4 members (excludes halogenated alkanes) is 24. The summed E-state index contributed by atoms with van der Waals surface area (Å²) in [5.41, 5.74) is 0. The van der Waals surface area contributed by atoms with Gasteiger partial charge in [-0.15, -0.1) is 0 Å². The summed E-state index contributed by atoms with van der Waals surface area (Å²) in [6.07, 6.45) is 38.6. The monoisotopic (exact) mass is 809 g/mol. The molecular weight excluding hydrogens is 713 g/mol. The van der Waals surface area contributed by atoms with E-state index >= 15 is 0 Å². The molecule has 0 aromatic rings. The van der Waals surface area contributed by atoms with Gasteiger partial charge in [0.25, 0.3) is 0 Å². The van der Waals surface area contributed by atoms with E-state index < -0.39 is 6.10 Å². The Bertz CT molecular complexity index is 870. The van der Waals surface area contributed by atoms with Crippen LogP contribution >= 0.6 is 0 Å². The Balaban J connectivity index is 4.40. The predicted octanol–water partition coefficient (Wildman–Crippen LogP) is 13.2. The number of hydrogen-bond acceptors (Lipinski definition) is 7.